The normalized spacial score (nSPS) is 26.6. The average molecular weight is 267 g/mol. The average Bonchev–Trinajstić information content (AvgIpc) is 2.26. The molecule has 1 saturated heterocycles. The van der Waals surface area contributed by atoms with Gasteiger partial charge in [-0.15, -0.1) is 0 Å². The first-order valence-corrected chi connectivity index (χ1v) is 7.98. The van der Waals surface area contributed by atoms with E-state index in [1.54, 1.807) is 23.6 Å². The van der Waals surface area contributed by atoms with Gasteiger partial charge in [0.05, 0.1) is 6.04 Å². The van der Waals surface area contributed by atoms with Gasteiger partial charge >= 0.3 is 0 Å². The molecular weight excluding hydrogens is 250 g/mol. The van der Waals surface area contributed by atoms with Crippen LogP contribution in [0.1, 0.15) is 6.92 Å². The summed E-state index contributed by atoms with van der Waals surface area (Å²) < 4.78 is 23.2. The molecule has 1 aliphatic rings. The lowest BCUT2D eigenvalue weighted by Crippen LogP contribution is -2.54. The van der Waals surface area contributed by atoms with Crippen LogP contribution in [0.25, 0.3) is 0 Å². The van der Waals surface area contributed by atoms with Crippen molar-refractivity contribution in [2.24, 2.45) is 10.9 Å². The molecule has 16 heavy (non-hydrogen) atoms. The van der Waals surface area contributed by atoms with Gasteiger partial charge in [-0.1, -0.05) is 5.16 Å². The maximum absolute atomic E-state index is 11.6. The van der Waals surface area contributed by atoms with E-state index in [1.807, 2.05) is 0 Å². The number of oxime groups is 1. The Morgan fingerprint density at radius 2 is 2.31 bits per heavy atom. The molecule has 0 aliphatic carbocycles. The maximum atomic E-state index is 11.6. The molecule has 3 N–H and O–H groups in total. The number of hydrogen-bond acceptors (Lipinski definition) is 6. The zero-order valence-corrected chi connectivity index (χ0v) is 11.0. The molecule has 0 amide bonds. The summed E-state index contributed by atoms with van der Waals surface area (Å²) in [6.45, 7) is 2.36. The predicted molar refractivity (Wildman–Crippen MR) is 65.5 cm³/mol. The smallest absolute Gasteiger partial charge is 0.164 e. The van der Waals surface area contributed by atoms with Gasteiger partial charge in [0.2, 0.25) is 0 Å². The van der Waals surface area contributed by atoms with Gasteiger partial charge in [-0.2, -0.15) is 11.8 Å². The molecule has 0 saturated carbocycles. The maximum Gasteiger partial charge on any atom is 0.164 e. The lowest BCUT2D eigenvalue weighted by atomic mass is 10.2. The topological polar surface area (TPSA) is 96.0 Å². The summed E-state index contributed by atoms with van der Waals surface area (Å²) in [5, 5.41) is 11.0. The molecule has 0 aromatic carbocycles. The van der Waals surface area contributed by atoms with E-state index in [0.717, 1.165) is 5.75 Å². The van der Waals surface area contributed by atoms with Gasteiger partial charge in [0.1, 0.15) is 5.37 Å². The fraction of sp³-hybridized carbons (Fsp3) is 0.875. The summed E-state index contributed by atoms with van der Waals surface area (Å²) in [5.41, 5.74) is 5.51. The first-order valence-electron chi connectivity index (χ1n) is 4.87. The number of hydrogen-bond donors (Lipinski definition) is 2. The highest BCUT2D eigenvalue weighted by Crippen LogP contribution is 2.22. The van der Waals surface area contributed by atoms with Gasteiger partial charge in [-0.25, -0.2) is 8.42 Å². The Balaban J connectivity index is 2.91. The van der Waals surface area contributed by atoms with Crippen molar-refractivity contribution in [3.63, 3.8) is 0 Å². The van der Waals surface area contributed by atoms with Crippen LogP contribution in [-0.2, 0) is 9.84 Å². The van der Waals surface area contributed by atoms with Gasteiger partial charge in [0.15, 0.2) is 15.7 Å². The highest BCUT2D eigenvalue weighted by Gasteiger charge is 2.35. The quantitative estimate of drug-likeness (QED) is 0.311. The molecule has 1 aliphatic heterocycles. The molecule has 2 unspecified atom stereocenters. The molecule has 2 atom stereocenters. The summed E-state index contributed by atoms with van der Waals surface area (Å²) in [5.74, 6) is 1.43. The van der Waals surface area contributed by atoms with Crippen molar-refractivity contribution >= 4 is 27.4 Å². The minimum Gasteiger partial charge on any atom is -0.409 e. The second kappa shape index (κ2) is 5.24. The standard InChI is InChI=1S/C8H17N3O3S2/c1-6(8(9)10-12)11-3-4-15-5-7(11)16(2,13)14/h6-7,12H,3-5H2,1-2H3,(H2,9,10). The van der Waals surface area contributed by atoms with E-state index in [4.69, 9.17) is 10.9 Å². The second-order valence-electron chi connectivity index (χ2n) is 3.80. The molecule has 0 spiro atoms. The van der Waals surface area contributed by atoms with Crippen molar-refractivity contribution in [2.75, 3.05) is 24.3 Å². The van der Waals surface area contributed by atoms with E-state index in [9.17, 15) is 8.42 Å². The molecule has 8 heteroatoms. The minimum absolute atomic E-state index is 0.0422. The Morgan fingerprint density at radius 1 is 1.69 bits per heavy atom. The van der Waals surface area contributed by atoms with Crippen molar-refractivity contribution in [3.8, 4) is 0 Å². The summed E-state index contributed by atoms with van der Waals surface area (Å²) >= 11 is 1.61. The van der Waals surface area contributed by atoms with Crippen LogP contribution in [0.15, 0.2) is 5.16 Å². The third-order valence-corrected chi connectivity index (χ3v) is 5.32. The Kier molecular flexibility index (Phi) is 4.45. The van der Waals surface area contributed by atoms with Crippen LogP contribution in [0.4, 0.5) is 0 Å². The number of sulfone groups is 1. The van der Waals surface area contributed by atoms with E-state index in [0.29, 0.717) is 12.3 Å². The first kappa shape index (κ1) is 13.6. The zero-order valence-electron chi connectivity index (χ0n) is 9.33. The van der Waals surface area contributed by atoms with Gasteiger partial charge in [0.25, 0.3) is 0 Å². The van der Waals surface area contributed by atoms with Crippen molar-refractivity contribution < 1.29 is 13.6 Å². The third-order valence-electron chi connectivity index (χ3n) is 2.66. The molecule has 94 valence electrons. The lowest BCUT2D eigenvalue weighted by Gasteiger charge is -2.37. The van der Waals surface area contributed by atoms with Gasteiger partial charge in [-0.05, 0) is 6.92 Å². The second-order valence-corrected chi connectivity index (χ2v) is 7.15. The summed E-state index contributed by atoms with van der Waals surface area (Å²) in [6.07, 6.45) is 1.22. The molecule has 1 heterocycles. The van der Waals surface area contributed by atoms with Crippen molar-refractivity contribution in [3.05, 3.63) is 0 Å². The number of thioether (sulfide) groups is 1. The van der Waals surface area contributed by atoms with Crippen LogP contribution < -0.4 is 5.73 Å². The van der Waals surface area contributed by atoms with Crippen LogP contribution >= 0.6 is 11.8 Å². The Hall–Kier alpha value is -0.470. The van der Waals surface area contributed by atoms with Crippen molar-refractivity contribution in [1.82, 2.24) is 4.90 Å². The van der Waals surface area contributed by atoms with E-state index in [1.165, 1.54) is 6.26 Å². The molecular formula is C8H17N3O3S2. The van der Waals surface area contributed by atoms with Crippen LogP contribution in [0.3, 0.4) is 0 Å². The number of rotatable bonds is 3. The molecule has 0 aromatic heterocycles. The fourth-order valence-corrected chi connectivity index (χ4v) is 4.62. The monoisotopic (exact) mass is 267 g/mol. The van der Waals surface area contributed by atoms with Gasteiger partial charge in [-0.3, -0.25) is 4.90 Å². The van der Waals surface area contributed by atoms with Crippen LogP contribution in [-0.4, -0.2) is 60.1 Å². The first-order chi connectivity index (χ1) is 7.38. The molecule has 0 aromatic rings. The predicted octanol–water partition coefficient (Wildman–Crippen LogP) is -0.459. The summed E-state index contributed by atoms with van der Waals surface area (Å²) in [7, 11) is -3.15. The van der Waals surface area contributed by atoms with E-state index in [2.05, 4.69) is 5.16 Å². The van der Waals surface area contributed by atoms with Gasteiger partial charge < -0.3 is 10.9 Å². The lowest BCUT2D eigenvalue weighted by molar-refractivity contribution is 0.239. The molecule has 1 fully saturated rings. The zero-order chi connectivity index (χ0) is 12.3. The summed E-state index contributed by atoms with van der Waals surface area (Å²) in [6, 6.07) is -0.370. The van der Waals surface area contributed by atoms with Gasteiger partial charge in [0, 0.05) is 24.3 Å². The Morgan fingerprint density at radius 3 is 2.81 bits per heavy atom. The Bertz CT molecular complexity index is 369. The number of amidine groups is 1. The van der Waals surface area contributed by atoms with Crippen molar-refractivity contribution in [1.29, 1.82) is 0 Å². The number of nitrogens with zero attached hydrogens (tertiary/aromatic N) is 2. The van der Waals surface area contributed by atoms with Crippen molar-refractivity contribution in [2.45, 2.75) is 18.3 Å². The highest BCUT2D eigenvalue weighted by molar-refractivity contribution is 8.00. The van der Waals surface area contributed by atoms with Crippen LogP contribution in [0.2, 0.25) is 0 Å². The fourth-order valence-electron chi connectivity index (χ4n) is 1.66. The minimum atomic E-state index is -3.15. The van der Waals surface area contributed by atoms with E-state index < -0.39 is 15.2 Å². The van der Waals surface area contributed by atoms with E-state index >= 15 is 0 Å². The third kappa shape index (κ3) is 3.02. The summed E-state index contributed by atoms with van der Waals surface area (Å²) in [4.78, 5) is 1.76. The largest absolute Gasteiger partial charge is 0.409 e. The van der Waals surface area contributed by atoms with Crippen LogP contribution in [0, 0.1) is 0 Å². The molecule has 0 radical (unpaired) electrons. The van der Waals surface area contributed by atoms with E-state index in [-0.39, 0.29) is 11.9 Å². The Labute approximate surface area is 99.8 Å². The molecule has 0 bridgehead atoms. The molecule has 1 rings (SSSR count). The highest BCUT2D eigenvalue weighted by atomic mass is 32.2. The molecule has 6 nitrogen and oxygen atoms in total. The number of nitrogens with two attached hydrogens (primary N) is 1. The van der Waals surface area contributed by atoms with Crippen LogP contribution in [0.5, 0.6) is 0 Å². The SMILES string of the molecule is CC(C(N)=NO)N1CCSCC1S(C)(=O)=O.